The third-order valence-electron chi connectivity index (χ3n) is 2.37. The van der Waals surface area contributed by atoms with Gasteiger partial charge in [-0.15, -0.1) is 0 Å². The maximum atomic E-state index is 11.2. The van der Waals surface area contributed by atoms with Crippen molar-refractivity contribution in [3.8, 4) is 0 Å². The van der Waals surface area contributed by atoms with Crippen LogP contribution in [0.1, 0.15) is 53.9 Å². The van der Waals surface area contributed by atoms with Crippen LogP contribution in [0.3, 0.4) is 0 Å². The molecule has 0 atom stereocenters. The summed E-state index contributed by atoms with van der Waals surface area (Å²) in [7, 11) is 0. The van der Waals surface area contributed by atoms with E-state index in [-0.39, 0.29) is 11.5 Å². The lowest BCUT2D eigenvalue weighted by Gasteiger charge is -2.26. The molecule has 0 bridgehead atoms. The lowest BCUT2D eigenvalue weighted by molar-refractivity contribution is -0.145. The van der Waals surface area contributed by atoms with E-state index in [9.17, 15) is 4.79 Å². The zero-order chi connectivity index (χ0) is 12.6. The second-order valence-corrected chi connectivity index (χ2v) is 5.40. The highest BCUT2D eigenvalue weighted by molar-refractivity contribution is 5.69. The number of esters is 1. The molecule has 0 amide bonds. The van der Waals surface area contributed by atoms with Crippen molar-refractivity contribution in [2.24, 2.45) is 5.92 Å². The van der Waals surface area contributed by atoms with Gasteiger partial charge >= 0.3 is 5.97 Å². The van der Waals surface area contributed by atoms with Crippen LogP contribution in [-0.2, 0) is 9.53 Å². The zero-order valence-corrected chi connectivity index (χ0v) is 11.4. The summed E-state index contributed by atoms with van der Waals surface area (Å²) < 4.78 is 5.20. The first-order chi connectivity index (χ1) is 7.37. The van der Waals surface area contributed by atoms with Crippen molar-refractivity contribution in [1.82, 2.24) is 5.32 Å². The van der Waals surface area contributed by atoms with Crippen molar-refractivity contribution in [1.29, 1.82) is 0 Å². The lowest BCUT2D eigenvalue weighted by Crippen LogP contribution is -2.44. The minimum Gasteiger partial charge on any atom is -0.464 e. The number of hydrogen-bond donors (Lipinski definition) is 1. The van der Waals surface area contributed by atoms with Crippen LogP contribution >= 0.6 is 0 Å². The van der Waals surface area contributed by atoms with Crippen LogP contribution in [0.25, 0.3) is 0 Å². The maximum absolute atomic E-state index is 11.2. The molecular weight excluding hydrogens is 202 g/mol. The van der Waals surface area contributed by atoms with E-state index in [0.717, 1.165) is 19.4 Å². The van der Waals surface area contributed by atoms with E-state index in [0.29, 0.717) is 18.9 Å². The van der Waals surface area contributed by atoms with Gasteiger partial charge in [0.1, 0.15) is 6.61 Å². The van der Waals surface area contributed by atoms with E-state index in [1.165, 1.54) is 0 Å². The molecule has 0 heterocycles. The third kappa shape index (κ3) is 8.72. The van der Waals surface area contributed by atoms with Gasteiger partial charge < -0.3 is 10.1 Å². The van der Waals surface area contributed by atoms with Gasteiger partial charge in [-0.1, -0.05) is 20.8 Å². The Morgan fingerprint density at radius 3 is 2.50 bits per heavy atom. The van der Waals surface area contributed by atoms with E-state index < -0.39 is 0 Å². The highest BCUT2D eigenvalue weighted by Gasteiger charge is 2.18. The molecule has 0 aromatic rings. The van der Waals surface area contributed by atoms with E-state index in [4.69, 9.17) is 4.74 Å². The molecule has 0 rings (SSSR count). The monoisotopic (exact) mass is 229 g/mol. The van der Waals surface area contributed by atoms with Gasteiger partial charge in [-0.3, -0.25) is 4.79 Å². The van der Waals surface area contributed by atoms with Crippen molar-refractivity contribution < 1.29 is 9.53 Å². The molecule has 0 spiro atoms. The van der Waals surface area contributed by atoms with Crippen LogP contribution in [0.2, 0.25) is 0 Å². The van der Waals surface area contributed by atoms with Gasteiger partial charge in [0.25, 0.3) is 0 Å². The summed E-state index contributed by atoms with van der Waals surface area (Å²) in [6.45, 7) is 11.9. The highest BCUT2D eigenvalue weighted by Crippen LogP contribution is 2.06. The molecule has 96 valence electrons. The van der Waals surface area contributed by atoms with Crippen LogP contribution in [-0.4, -0.2) is 24.7 Å². The number of hydrogen-bond acceptors (Lipinski definition) is 3. The van der Waals surface area contributed by atoms with Gasteiger partial charge in [0.15, 0.2) is 0 Å². The average molecular weight is 229 g/mol. The summed E-state index contributed by atoms with van der Waals surface area (Å²) in [5.41, 5.74) is -0.127. The predicted octanol–water partition coefficient (Wildman–Crippen LogP) is 2.74. The van der Waals surface area contributed by atoms with Gasteiger partial charge in [-0.05, 0) is 39.2 Å². The summed E-state index contributed by atoms with van der Waals surface area (Å²) in [4.78, 5) is 11.2. The van der Waals surface area contributed by atoms with Gasteiger partial charge in [0.05, 0.1) is 0 Å². The molecule has 0 radical (unpaired) electrons. The summed E-state index contributed by atoms with van der Waals surface area (Å²) in [5.74, 6) is 0.604. The summed E-state index contributed by atoms with van der Waals surface area (Å²) >= 11 is 0. The molecule has 0 aliphatic heterocycles. The molecule has 0 aromatic carbocycles. The third-order valence-corrected chi connectivity index (χ3v) is 2.37. The standard InChI is InChI=1S/C13H27NO2/c1-6-7-12(15)16-10-13(4,5)14-9-8-11(2)3/h11,14H,6-10H2,1-5H3. The predicted molar refractivity (Wildman–Crippen MR) is 67.4 cm³/mol. The minimum absolute atomic E-state index is 0.0961. The van der Waals surface area contributed by atoms with Crippen LogP contribution in [0.5, 0.6) is 0 Å². The van der Waals surface area contributed by atoms with Crippen molar-refractivity contribution >= 4 is 5.97 Å². The molecule has 0 aliphatic rings. The second kappa shape index (κ2) is 7.66. The maximum Gasteiger partial charge on any atom is 0.305 e. The van der Waals surface area contributed by atoms with Gasteiger partial charge in [0.2, 0.25) is 0 Å². The number of ether oxygens (including phenoxy) is 1. The molecule has 0 unspecified atom stereocenters. The normalized spacial score (nSPS) is 11.9. The second-order valence-electron chi connectivity index (χ2n) is 5.40. The SMILES string of the molecule is CCCC(=O)OCC(C)(C)NCCC(C)C. The smallest absolute Gasteiger partial charge is 0.305 e. The van der Waals surface area contributed by atoms with Crippen LogP contribution in [0.4, 0.5) is 0 Å². The molecule has 3 nitrogen and oxygen atoms in total. The Kier molecular flexibility index (Phi) is 7.39. The summed E-state index contributed by atoms with van der Waals surface area (Å²) in [6, 6.07) is 0. The number of nitrogens with one attached hydrogen (secondary N) is 1. The Bertz CT molecular complexity index is 200. The Morgan fingerprint density at radius 2 is 2.00 bits per heavy atom. The fourth-order valence-corrected chi connectivity index (χ4v) is 1.29. The van der Waals surface area contributed by atoms with Crippen LogP contribution in [0, 0.1) is 5.92 Å². The largest absolute Gasteiger partial charge is 0.464 e. The van der Waals surface area contributed by atoms with Crippen molar-refractivity contribution in [3.63, 3.8) is 0 Å². The number of rotatable bonds is 8. The van der Waals surface area contributed by atoms with Crippen LogP contribution < -0.4 is 5.32 Å². The molecule has 3 heteroatoms. The molecule has 0 fully saturated rings. The Hall–Kier alpha value is -0.570. The van der Waals surface area contributed by atoms with Gasteiger partial charge in [0, 0.05) is 12.0 Å². The highest BCUT2D eigenvalue weighted by atomic mass is 16.5. The quantitative estimate of drug-likeness (QED) is 0.650. The molecule has 0 aliphatic carbocycles. The molecule has 0 saturated carbocycles. The first kappa shape index (κ1) is 15.4. The Labute approximate surface area is 99.9 Å². The zero-order valence-electron chi connectivity index (χ0n) is 11.4. The molecule has 16 heavy (non-hydrogen) atoms. The van der Waals surface area contributed by atoms with Gasteiger partial charge in [-0.25, -0.2) is 0 Å². The number of carbonyl (C=O) groups excluding carboxylic acids is 1. The molecular formula is C13H27NO2. The molecule has 1 N–H and O–H groups in total. The summed E-state index contributed by atoms with van der Waals surface area (Å²) in [5, 5.41) is 3.41. The lowest BCUT2D eigenvalue weighted by atomic mass is 10.1. The van der Waals surface area contributed by atoms with Gasteiger partial charge in [-0.2, -0.15) is 0 Å². The Balaban J connectivity index is 3.73. The summed E-state index contributed by atoms with van der Waals surface area (Å²) in [6.07, 6.45) is 2.51. The minimum atomic E-state index is -0.127. The first-order valence-electron chi connectivity index (χ1n) is 6.28. The van der Waals surface area contributed by atoms with E-state index in [1.807, 2.05) is 6.92 Å². The fourth-order valence-electron chi connectivity index (χ4n) is 1.29. The number of carbonyl (C=O) groups is 1. The van der Waals surface area contributed by atoms with E-state index >= 15 is 0 Å². The topological polar surface area (TPSA) is 38.3 Å². The van der Waals surface area contributed by atoms with Crippen molar-refractivity contribution in [3.05, 3.63) is 0 Å². The first-order valence-corrected chi connectivity index (χ1v) is 6.28. The van der Waals surface area contributed by atoms with Crippen molar-refractivity contribution in [2.75, 3.05) is 13.2 Å². The van der Waals surface area contributed by atoms with E-state index in [2.05, 4.69) is 33.0 Å². The van der Waals surface area contributed by atoms with Crippen molar-refractivity contribution in [2.45, 2.75) is 59.4 Å². The van der Waals surface area contributed by atoms with Crippen LogP contribution in [0.15, 0.2) is 0 Å². The van der Waals surface area contributed by atoms with E-state index in [1.54, 1.807) is 0 Å². The average Bonchev–Trinajstić information content (AvgIpc) is 2.14. The molecule has 0 saturated heterocycles. The molecule has 0 aromatic heterocycles. The Morgan fingerprint density at radius 1 is 1.38 bits per heavy atom. The fraction of sp³-hybridized carbons (Fsp3) is 0.923.